The Balaban J connectivity index is 1.49. The van der Waals surface area contributed by atoms with E-state index in [1.54, 1.807) is 54.6 Å². The third kappa shape index (κ3) is 9.04. The van der Waals surface area contributed by atoms with E-state index in [-0.39, 0.29) is 64.0 Å². The molecule has 0 atom stereocenters. The number of nitrogens with zero attached hydrogens (tertiary/aromatic N) is 2. The standard InChI is InChI=1S/C34H26Br4N4O8/c35-21-9-17-2-4-28(21)49-29-15-18(1-3-27(29)43)6-8-40-33(45)25(41-47)13-19-11-23(37)32(24(38)12-19)50-30-16-20(10-22(36)31(30)44)14-26(42-48)34(46)39-7-5-17/h1-5,7,9-12,15-16,43-44,47-48H,6,8,13-14H2,(H,39,46)(H,40,45)/b7-5-,41-25+,42-26-. The molecular formula is C34H26Br4N4O8. The molecule has 2 amide bonds. The zero-order chi connectivity index (χ0) is 35.9. The number of halogens is 4. The maximum absolute atomic E-state index is 12.9. The van der Waals surface area contributed by atoms with Gasteiger partial charge in [-0.3, -0.25) is 9.59 Å². The monoisotopic (exact) mass is 934 g/mol. The first-order valence-corrected chi connectivity index (χ1v) is 17.8. The molecule has 8 rings (SSSR count). The Morgan fingerprint density at radius 2 is 1.30 bits per heavy atom. The number of amides is 2. The molecule has 4 aromatic carbocycles. The quantitative estimate of drug-likeness (QED) is 0.0759. The van der Waals surface area contributed by atoms with Crippen molar-refractivity contribution >= 4 is 93.0 Å². The van der Waals surface area contributed by atoms with Crippen molar-refractivity contribution in [2.24, 2.45) is 10.3 Å². The van der Waals surface area contributed by atoms with Crippen molar-refractivity contribution in [1.29, 1.82) is 0 Å². The van der Waals surface area contributed by atoms with Crippen LogP contribution in [0, 0.1) is 0 Å². The van der Waals surface area contributed by atoms with E-state index in [1.807, 2.05) is 0 Å². The highest BCUT2D eigenvalue weighted by Gasteiger charge is 2.20. The number of carbonyl (C=O) groups excluding carboxylic acids is 2. The second kappa shape index (κ2) is 16.6. The number of hydrogen-bond acceptors (Lipinski definition) is 10. The first-order valence-electron chi connectivity index (χ1n) is 14.6. The van der Waals surface area contributed by atoms with Crippen LogP contribution in [0.3, 0.4) is 0 Å². The van der Waals surface area contributed by atoms with Crippen molar-refractivity contribution in [3.8, 4) is 34.5 Å². The normalized spacial score (nSPS) is 16.6. The zero-order valence-corrected chi connectivity index (χ0v) is 31.9. The van der Waals surface area contributed by atoms with Crippen LogP contribution in [0.25, 0.3) is 6.08 Å². The Hall–Kier alpha value is -4.38. The second-order valence-corrected chi connectivity index (χ2v) is 14.2. The van der Waals surface area contributed by atoms with Gasteiger partial charge in [0.25, 0.3) is 11.8 Å². The van der Waals surface area contributed by atoms with E-state index in [9.17, 15) is 30.2 Å². The van der Waals surface area contributed by atoms with Gasteiger partial charge in [-0.25, -0.2) is 0 Å². The molecule has 6 N–H and O–H groups in total. The van der Waals surface area contributed by atoms with E-state index in [4.69, 9.17) is 9.47 Å². The summed E-state index contributed by atoms with van der Waals surface area (Å²) in [6.45, 7) is 0.202. The van der Waals surface area contributed by atoms with Crippen LogP contribution >= 0.6 is 63.7 Å². The topological polar surface area (TPSA) is 182 Å². The van der Waals surface area contributed by atoms with Crippen LogP contribution < -0.4 is 20.1 Å². The number of aromatic hydroxyl groups is 2. The molecule has 0 unspecified atom stereocenters. The Labute approximate surface area is 319 Å². The Morgan fingerprint density at radius 1 is 0.660 bits per heavy atom. The van der Waals surface area contributed by atoms with Crippen LogP contribution in [0.5, 0.6) is 34.5 Å². The summed E-state index contributed by atoms with van der Waals surface area (Å²) in [4.78, 5) is 25.8. The van der Waals surface area contributed by atoms with Gasteiger partial charge in [0.15, 0.2) is 28.7 Å². The van der Waals surface area contributed by atoms with Gasteiger partial charge in [0.2, 0.25) is 0 Å². The Bertz CT molecular complexity index is 2050. The summed E-state index contributed by atoms with van der Waals surface area (Å²) in [5.41, 5.74) is 2.17. The number of hydrogen-bond donors (Lipinski definition) is 6. The summed E-state index contributed by atoms with van der Waals surface area (Å²) in [7, 11) is 0. The summed E-state index contributed by atoms with van der Waals surface area (Å²) in [6.07, 6.45) is 3.25. The smallest absolute Gasteiger partial charge is 0.273 e. The van der Waals surface area contributed by atoms with Crippen molar-refractivity contribution in [2.75, 3.05) is 6.54 Å². The molecule has 50 heavy (non-hydrogen) atoms. The number of carbonyl (C=O) groups is 2. The van der Waals surface area contributed by atoms with Crippen molar-refractivity contribution < 1.29 is 39.7 Å². The number of rotatable bonds is 0. The fraction of sp³-hybridized carbons (Fsp3) is 0.118. The molecule has 0 spiro atoms. The lowest BCUT2D eigenvalue weighted by Crippen LogP contribution is -2.33. The lowest BCUT2D eigenvalue weighted by molar-refractivity contribution is -0.115. The first kappa shape index (κ1) is 36.9. The van der Waals surface area contributed by atoms with Gasteiger partial charge >= 0.3 is 0 Å². The second-order valence-electron chi connectivity index (χ2n) is 10.8. The van der Waals surface area contributed by atoms with E-state index in [1.165, 1.54) is 18.3 Å². The van der Waals surface area contributed by atoms with Crippen LogP contribution in [0.15, 0.2) is 95.1 Å². The first-order chi connectivity index (χ1) is 23.9. The van der Waals surface area contributed by atoms with E-state index in [2.05, 4.69) is 84.7 Å². The fourth-order valence-corrected chi connectivity index (χ4v) is 7.18. The van der Waals surface area contributed by atoms with E-state index in [0.29, 0.717) is 42.3 Å². The Morgan fingerprint density at radius 3 is 1.98 bits per heavy atom. The fourth-order valence-electron chi connectivity index (χ4n) is 4.77. The molecule has 0 saturated carbocycles. The van der Waals surface area contributed by atoms with Gasteiger partial charge in [-0.1, -0.05) is 22.4 Å². The maximum atomic E-state index is 12.9. The minimum Gasteiger partial charge on any atom is -0.504 e. The molecule has 4 aromatic rings. The average molecular weight is 938 g/mol. The predicted molar refractivity (Wildman–Crippen MR) is 200 cm³/mol. The number of oxime groups is 2. The number of phenolic OH excluding ortho intramolecular Hbond substituents is 2. The molecule has 258 valence electrons. The molecule has 4 aliphatic rings. The van der Waals surface area contributed by atoms with Crippen molar-refractivity contribution in [2.45, 2.75) is 19.3 Å². The van der Waals surface area contributed by atoms with Crippen molar-refractivity contribution in [3.05, 3.63) is 107 Å². The van der Waals surface area contributed by atoms with Gasteiger partial charge in [-0.2, -0.15) is 0 Å². The molecule has 16 heteroatoms. The van der Waals surface area contributed by atoms with Gasteiger partial charge in [-0.05, 0) is 147 Å². The number of benzene rings is 4. The van der Waals surface area contributed by atoms with Crippen molar-refractivity contribution in [1.82, 2.24) is 10.6 Å². The van der Waals surface area contributed by atoms with E-state index < -0.39 is 11.8 Å². The van der Waals surface area contributed by atoms with E-state index >= 15 is 0 Å². The molecule has 8 bridgehead atoms. The number of nitrogens with one attached hydrogen (secondary N) is 2. The number of phenols is 2. The molecule has 0 radical (unpaired) electrons. The highest BCUT2D eigenvalue weighted by Crippen LogP contribution is 2.43. The Kier molecular flexibility index (Phi) is 12.2. The van der Waals surface area contributed by atoms with E-state index in [0.717, 1.165) is 5.56 Å². The summed E-state index contributed by atoms with van der Waals surface area (Å²) in [5, 5.41) is 52.3. The lowest BCUT2D eigenvalue weighted by atomic mass is 10.1. The highest BCUT2D eigenvalue weighted by atomic mass is 79.9. The largest absolute Gasteiger partial charge is 0.504 e. The summed E-state index contributed by atoms with van der Waals surface area (Å²) in [5.74, 6) is -0.628. The third-order valence-corrected chi connectivity index (χ3v) is 9.66. The van der Waals surface area contributed by atoms with Gasteiger partial charge in [0.05, 0.1) is 17.9 Å². The molecule has 0 aromatic heterocycles. The van der Waals surface area contributed by atoms with Gasteiger partial charge in [0, 0.05) is 25.6 Å². The van der Waals surface area contributed by atoms with Gasteiger partial charge in [-0.15, -0.1) is 0 Å². The van der Waals surface area contributed by atoms with Gasteiger partial charge in [0.1, 0.15) is 17.2 Å². The van der Waals surface area contributed by atoms with Crippen LogP contribution in [0.1, 0.15) is 22.3 Å². The summed E-state index contributed by atoms with van der Waals surface area (Å²) in [6, 6.07) is 16.4. The van der Waals surface area contributed by atoms with Crippen LogP contribution in [0.2, 0.25) is 0 Å². The SMILES string of the molecule is O=C1N/C=C\c2ccc(c(Br)c2)Oc2cc(ccc2O)CCNC(=O)/C(=N/O)Cc2cc(Br)c(c(Br)c2)Oc2cc(cc(Br)c2O)C/C1=N/O. The molecule has 4 aliphatic heterocycles. The maximum Gasteiger partial charge on any atom is 0.273 e. The predicted octanol–water partition coefficient (Wildman–Crippen LogP) is 7.94. The molecule has 0 fully saturated rings. The summed E-state index contributed by atoms with van der Waals surface area (Å²) >= 11 is 13.7. The molecular weight excluding hydrogens is 912 g/mol. The average Bonchev–Trinajstić information content (AvgIpc) is 3.08. The highest BCUT2D eigenvalue weighted by molar-refractivity contribution is 9.11. The van der Waals surface area contributed by atoms with Crippen LogP contribution in [-0.4, -0.2) is 50.4 Å². The minimum atomic E-state index is -0.668. The van der Waals surface area contributed by atoms with Crippen LogP contribution in [0.4, 0.5) is 0 Å². The van der Waals surface area contributed by atoms with Crippen molar-refractivity contribution in [3.63, 3.8) is 0 Å². The minimum absolute atomic E-state index is 0.0303. The van der Waals surface area contributed by atoms with Crippen LogP contribution in [-0.2, 0) is 28.9 Å². The zero-order valence-electron chi connectivity index (χ0n) is 25.6. The lowest BCUT2D eigenvalue weighted by Gasteiger charge is -2.15. The molecule has 0 saturated heterocycles. The number of ether oxygens (including phenoxy) is 2. The summed E-state index contributed by atoms with van der Waals surface area (Å²) < 4.78 is 13.8. The molecule has 4 heterocycles. The third-order valence-electron chi connectivity index (χ3n) is 7.26. The molecule has 0 aliphatic carbocycles. The molecule has 12 nitrogen and oxygen atoms in total. The van der Waals surface area contributed by atoms with Gasteiger partial charge < -0.3 is 40.7 Å².